The maximum atomic E-state index is 13.2. The lowest BCUT2D eigenvalue weighted by molar-refractivity contribution is -0.138. The van der Waals surface area contributed by atoms with Gasteiger partial charge in [0.15, 0.2) is 0 Å². The number of benzene rings is 1. The summed E-state index contributed by atoms with van der Waals surface area (Å²) in [6.45, 7) is 0.891. The molecule has 2 heterocycles. The molecule has 1 aromatic heterocycles. The molecule has 0 spiro atoms. The zero-order valence-corrected chi connectivity index (χ0v) is 17.4. The lowest BCUT2D eigenvalue weighted by Gasteiger charge is -2.24. The van der Waals surface area contributed by atoms with Crippen molar-refractivity contribution in [2.24, 2.45) is 0 Å². The molecule has 13 heteroatoms. The number of anilines is 1. The van der Waals surface area contributed by atoms with E-state index < -0.39 is 50.5 Å². The van der Waals surface area contributed by atoms with Crippen LogP contribution in [0.2, 0.25) is 0 Å². The second-order valence-electron chi connectivity index (χ2n) is 6.86. The van der Waals surface area contributed by atoms with E-state index in [1.165, 1.54) is 35.9 Å². The highest BCUT2D eigenvalue weighted by molar-refractivity contribution is 7.52. The number of carboxylic acid groups (broad SMARTS) is 1. The van der Waals surface area contributed by atoms with Crippen LogP contribution in [0.5, 0.6) is 5.75 Å². The summed E-state index contributed by atoms with van der Waals surface area (Å²) in [6.07, 6.45) is -1.38. The van der Waals surface area contributed by atoms with Gasteiger partial charge in [0.05, 0.1) is 12.7 Å². The second kappa shape index (κ2) is 9.58. The maximum absolute atomic E-state index is 13.2. The number of nitrogens with two attached hydrogens (primary N) is 1. The number of carbonyl (C=O) groups is 1. The first-order chi connectivity index (χ1) is 14.7. The van der Waals surface area contributed by atoms with E-state index in [1.54, 1.807) is 18.2 Å². The number of aliphatic hydroxyl groups is 1. The van der Waals surface area contributed by atoms with Gasteiger partial charge in [-0.15, -0.1) is 0 Å². The van der Waals surface area contributed by atoms with Gasteiger partial charge < -0.3 is 25.2 Å². The molecule has 5 N–H and O–H groups in total. The van der Waals surface area contributed by atoms with E-state index in [1.807, 2.05) is 0 Å². The average Bonchev–Trinajstić information content (AvgIpc) is 3.07. The van der Waals surface area contributed by atoms with E-state index in [4.69, 9.17) is 24.6 Å². The van der Waals surface area contributed by atoms with Gasteiger partial charge in [0, 0.05) is 12.6 Å². The van der Waals surface area contributed by atoms with Crippen molar-refractivity contribution in [1.82, 2.24) is 14.6 Å². The Labute approximate surface area is 177 Å². The third-order valence-corrected chi connectivity index (χ3v) is 6.11. The van der Waals surface area contributed by atoms with E-state index in [-0.39, 0.29) is 18.0 Å². The Morgan fingerprint density at radius 1 is 1.42 bits per heavy atom. The highest BCUT2D eigenvalue weighted by Gasteiger charge is 2.39. The summed E-state index contributed by atoms with van der Waals surface area (Å²) in [4.78, 5) is 26.8. The summed E-state index contributed by atoms with van der Waals surface area (Å²) >= 11 is 0. The molecule has 0 amide bonds. The molecule has 0 radical (unpaired) electrons. The Hall–Kier alpha value is -2.76. The van der Waals surface area contributed by atoms with Crippen LogP contribution in [-0.2, 0) is 18.6 Å². The van der Waals surface area contributed by atoms with Crippen LogP contribution in [-0.4, -0.2) is 50.6 Å². The number of hydrogen-bond acceptors (Lipinski definition) is 9. The summed E-state index contributed by atoms with van der Waals surface area (Å²) in [5.74, 6) is -1.01. The molecule has 12 nitrogen and oxygen atoms in total. The molecule has 1 aliphatic rings. The van der Waals surface area contributed by atoms with E-state index in [0.717, 1.165) is 0 Å². The molecule has 168 valence electrons. The molecule has 3 rings (SSSR count). The van der Waals surface area contributed by atoms with Gasteiger partial charge >= 0.3 is 19.4 Å². The molecule has 0 aliphatic carbocycles. The Morgan fingerprint density at radius 2 is 2.13 bits per heavy atom. The van der Waals surface area contributed by atoms with Crippen molar-refractivity contribution < 1.29 is 33.4 Å². The van der Waals surface area contributed by atoms with Crippen LogP contribution in [0.4, 0.5) is 5.82 Å². The quantitative estimate of drug-likeness (QED) is 0.393. The molecule has 1 unspecified atom stereocenters. The van der Waals surface area contributed by atoms with Gasteiger partial charge in [-0.05, 0) is 25.1 Å². The van der Waals surface area contributed by atoms with Crippen molar-refractivity contribution in [3.05, 3.63) is 53.1 Å². The van der Waals surface area contributed by atoms with Crippen molar-refractivity contribution >= 4 is 19.5 Å². The number of aliphatic carboxylic acids is 1. The highest BCUT2D eigenvalue weighted by Crippen LogP contribution is 2.45. The van der Waals surface area contributed by atoms with Crippen molar-refractivity contribution in [1.29, 1.82) is 0 Å². The standard InChI is InChI=1S/C18H23N4O8P/c1-11(17(24)25)21-31(27,30-12-5-3-2-4-6-12)28-10-14-13(23)9-16(29-14)22-8-7-15(19)20-18(22)26/h2-8,11,13-14,16,23H,9-10H2,1H3,(H,21,27)(H,24,25)(H2,19,20,26)/t11-,13+,14-,16-,31?/m0/s1. The van der Waals surface area contributed by atoms with Crippen LogP contribution in [0.3, 0.4) is 0 Å². The van der Waals surface area contributed by atoms with Crippen molar-refractivity contribution in [3.63, 3.8) is 0 Å². The minimum atomic E-state index is -4.16. The predicted molar refractivity (Wildman–Crippen MR) is 108 cm³/mol. The highest BCUT2D eigenvalue weighted by atomic mass is 31.2. The summed E-state index contributed by atoms with van der Waals surface area (Å²) in [5, 5.41) is 21.8. The molecule has 1 saturated heterocycles. The smallest absolute Gasteiger partial charge is 0.459 e. The van der Waals surface area contributed by atoms with Crippen LogP contribution in [0.15, 0.2) is 47.4 Å². The minimum absolute atomic E-state index is 0.0531. The fraction of sp³-hybridized carbons (Fsp3) is 0.389. The largest absolute Gasteiger partial charge is 0.480 e. The first-order valence-corrected chi connectivity index (χ1v) is 10.9. The van der Waals surface area contributed by atoms with Crippen molar-refractivity contribution in [2.45, 2.75) is 37.8 Å². The van der Waals surface area contributed by atoms with E-state index in [0.29, 0.717) is 0 Å². The topological polar surface area (TPSA) is 175 Å². The molecule has 1 aliphatic heterocycles. The van der Waals surface area contributed by atoms with Crippen molar-refractivity contribution in [2.75, 3.05) is 12.3 Å². The van der Waals surface area contributed by atoms with Crippen LogP contribution < -0.4 is 21.0 Å². The summed E-state index contributed by atoms with van der Waals surface area (Å²) in [6, 6.07) is 8.25. The molecule has 31 heavy (non-hydrogen) atoms. The van der Waals surface area contributed by atoms with Gasteiger partial charge in [-0.2, -0.15) is 10.1 Å². The van der Waals surface area contributed by atoms with Crippen LogP contribution in [0.25, 0.3) is 0 Å². The fourth-order valence-electron chi connectivity index (χ4n) is 2.85. The number of rotatable bonds is 9. The number of hydrogen-bond donors (Lipinski definition) is 4. The summed E-state index contributed by atoms with van der Waals surface area (Å²) in [5.41, 5.74) is 4.83. The van der Waals surface area contributed by atoms with E-state index in [9.17, 15) is 19.3 Å². The predicted octanol–water partition coefficient (Wildman–Crippen LogP) is 0.740. The number of nitrogen functional groups attached to an aromatic ring is 1. The SMILES string of the molecule is C[C@H](NP(=O)(OC[C@@H]1O[C@H](n2ccc(N)nc2=O)C[C@H]1O)Oc1ccccc1)C(=O)O. The van der Waals surface area contributed by atoms with Crippen LogP contribution in [0, 0.1) is 0 Å². The molecule has 0 saturated carbocycles. The average molecular weight is 454 g/mol. The molecule has 5 atom stereocenters. The zero-order valence-electron chi connectivity index (χ0n) is 16.5. The van der Waals surface area contributed by atoms with Gasteiger partial charge in [-0.3, -0.25) is 13.9 Å². The number of aliphatic hydroxyl groups excluding tert-OH is 1. The van der Waals surface area contributed by atoms with Crippen molar-refractivity contribution in [3.8, 4) is 5.75 Å². The first kappa shape index (κ1) is 22.9. The number of ether oxygens (including phenoxy) is 1. The third kappa shape index (κ3) is 5.90. The van der Waals surface area contributed by atoms with Gasteiger partial charge in [0.2, 0.25) is 0 Å². The molecular weight excluding hydrogens is 431 g/mol. The zero-order chi connectivity index (χ0) is 22.6. The van der Waals surface area contributed by atoms with Crippen LogP contribution in [0.1, 0.15) is 19.6 Å². The monoisotopic (exact) mass is 454 g/mol. The molecule has 1 fully saturated rings. The fourth-order valence-corrected chi connectivity index (χ4v) is 4.36. The normalized spacial score (nSPS) is 23.7. The Morgan fingerprint density at radius 3 is 2.77 bits per heavy atom. The van der Waals surface area contributed by atoms with Gasteiger partial charge in [0.1, 0.15) is 29.9 Å². The maximum Gasteiger partial charge on any atom is 0.459 e. The number of carboxylic acids is 1. The number of para-hydroxylation sites is 1. The number of aromatic nitrogens is 2. The first-order valence-electron chi connectivity index (χ1n) is 9.35. The number of nitrogens with zero attached hydrogens (tertiary/aromatic N) is 2. The summed E-state index contributed by atoms with van der Waals surface area (Å²) < 4.78 is 30.8. The molecular formula is C18H23N4O8P. The van der Waals surface area contributed by atoms with Gasteiger partial charge in [-0.1, -0.05) is 18.2 Å². The van der Waals surface area contributed by atoms with Gasteiger partial charge in [0.25, 0.3) is 0 Å². The Balaban J connectivity index is 1.70. The van der Waals surface area contributed by atoms with Crippen LogP contribution >= 0.6 is 7.75 Å². The minimum Gasteiger partial charge on any atom is -0.480 e. The molecule has 0 bridgehead atoms. The van der Waals surface area contributed by atoms with Gasteiger partial charge in [-0.25, -0.2) is 9.36 Å². The van der Waals surface area contributed by atoms with E-state index >= 15 is 0 Å². The lowest BCUT2D eigenvalue weighted by Crippen LogP contribution is -2.35. The lowest BCUT2D eigenvalue weighted by atomic mass is 10.2. The Kier molecular flexibility index (Phi) is 7.08. The van der Waals surface area contributed by atoms with E-state index in [2.05, 4.69) is 10.1 Å². The molecule has 1 aromatic carbocycles. The second-order valence-corrected chi connectivity index (χ2v) is 8.55. The number of nitrogens with one attached hydrogen (secondary N) is 1. The summed E-state index contributed by atoms with van der Waals surface area (Å²) in [7, 11) is -4.16. The Bertz CT molecular complexity index is 1020. The molecule has 2 aromatic rings. The third-order valence-electron chi connectivity index (χ3n) is 4.47.